The molecule has 1 aliphatic heterocycles. The Labute approximate surface area is 64.4 Å². The summed E-state index contributed by atoms with van der Waals surface area (Å²) in [6.45, 7) is 1.77. The van der Waals surface area contributed by atoms with Gasteiger partial charge in [-0.15, -0.1) is 4.91 Å². The normalized spacial score (nSPS) is 14.5. The molecular formula is C8H8N2O. The Bertz CT molecular complexity index is 296. The minimum absolute atomic E-state index is 0.521. The van der Waals surface area contributed by atoms with E-state index in [9.17, 15) is 4.91 Å². The fourth-order valence-corrected chi connectivity index (χ4v) is 1.34. The molecule has 1 aliphatic rings. The van der Waals surface area contributed by atoms with Gasteiger partial charge in [-0.05, 0) is 28.4 Å². The van der Waals surface area contributed by atoms with Crippen LogP contribution >= 0.6 is 0 Å². The molecule has 56 valence electrons. The molecule has 1 N–H and O–H groups in total. The predicted molar refractivity (Wildman–Crippen MR) is 42.4 cm³/mol. The first-order chi connectivity index (χ1) is 5.40. The highest BCUT2D eigenvalue weighted by Crippen LogP contribution is 2.21. The van der Waals surface area contributed by atoms with Crippen LogP contribution in [0.4, 0.5) is 5.69 Å². The predicted octanol–water partition coefficient (Wildman–Crippen LogP) is 1.69. The van der Waals surface area contributed by atoms with Gasteiger partial charge in [-0.25, -0.2) is 0 Å². The van der Waals surface area contributed by atoms with E-state index in [4.69, 9.17) is 0 Å². The van der Waals surface area contributed by atoms with Crippen LogP contribution in [0.15, 0.2) is 23.4 Å². The lowest BCUT2D eigenvalue weighted by molar-refractivity contribution is 0.765. The van der Waals surface area contributed by atoms with Crippen LogP contribution < -0.4 is 5.32 Å². The number of nitroso groups, excluding NO2 is 1. The van der Waals surface area contributed by atoms with Crippen molar-refractivity contribution in [3.8, 4) is 0 Å². The third-order valence-corrected chi connectivity index (χ3v) is 1.93. The largest absolute Gasteiger partial charge is 0.309 e. The molecule has 2 rings (SSSR count). The molecule has 0 spiro atoms. The molecule has 1 aromatic rings. The van der Waals surface area contributed by atoms with Gasteiger partial charge in [0, 0.05) is 13.1 Å². The third kappa shape index (κ3) is 1.03. The lowest BCUT2D eigenvalue weighted by Gasteiger charge is -1.95. The molecule has 11 heavy (non-hydrogen) atoms. The second-order valence-electron chi connectivity index (χ2n) is 2.65. The highest BCUT2D eigenvalue weighted by molar-refractivity contribution is 5.45. The number of fused-ring (bicyclic) bond motifs is 1. The number of nitrogens with zero attached hydrogens (tertiary/aromatic N) is 1. The highest BCUT2D eigenvalue weighted by atomic mass is 16.3. The molecule has 0 aliphatic carbocycles. The van der Waals surface area contributed by atoms with Crippen molar-refractivity contribution in [2.75, 3.05) is 0 Å². The van der Waals surface area contributed by atoms with Crippen LogP contribution in [0.3, 0.4) is 0 Å². The van der Waals surface area contributed by atoms with Crippen molar-refractivity contribution in [1.82, 2.24) is 5.32 Å². The van der Waals surface area contributed by atoms with Gasteiger partial charge < -0.3 is 5.32 Å². The summed E-state index contributed by atoms with van der Waals surface area (Å²) in [5.74, 6) is 0. The van der Waals surface area contributed by atoms with E-state index in [0.717, 1.165) is 13.1 Å². The van der Waals surface area contributed by atoms with E-state index in [1.807, 2.05) is 12.1 Å². The summed E-state index contributed by atoms with van der Waals surface area (Å²) in [4.78, 5) is 10.1. The number of benzene rings is 1. The van der Waals surface area contributed by atoms with Gasteiger partial charge in [-0.1, -0.05) is 6.07 Å². The molecule has 0 fully saturated rings. The van der Waals surface area contributed by atoms with Crippen molar-refractivity contribution >= 4 is 5.69 Å². The Balaban J connectivity index is 2.48. The number of rotatable bonds is 1. The number of hydrogen-bond acceptors (Lipinski definition) is 3. The molecule has 0 bridgehead atoms. The van der Waals surface area contributed by atoms with E-state index < -0.39 is 0 Å². The van der Waals surface area contributed by atoms with Crippen LogP contribution in [0.5, 0.6) is 0 Å². The Hall–Kier alpha value is -1.22. The zero-order valence-electron chi connectivity index (χ0n) is 6.00. The van der Waals surface area contributed by atoms with Crippen LogP contribution in [0, 0.1) is 4.91 Å². The smallest absolute Gasteiger partial charge is 0.108 e. The van der Waals surface area contributed by atoms with Gasteiger partial charge in [0.2, 0.25) is 0 Å². The lowest BCUT2D eigenvalue weighted by Crippen LogP contribution is -1.99. The van der Waals surface area contributed by atoms with Gasteiger partial charge in [0.15, 0.2) is 0 Å². The first kappa shape index (κ1) is 6.49. The molecule has 1 aromatic carbocycles. The van der Waals surface area contributed by atoms with Crippen LogP contribution in [-0.2, 0) is 13.1 Å². The van der Waals surface area contributed by atoms with Gasteiger partial charge >= 0.3 is 0 Å². The van der Waals surface area contributed by atoms with E-state index in [2.05, 4.69) is 10.5 Å². The molecule has 0 atom stereocenters. The van der Waals surface area contributed by atoms with E-state index >= 15 is 0 Å². The van der Waals surface area contributed by atoms with Gasteiger partial charge in [0.25, 0.3) is 0 Å². The van der Waals surface area contributed by atoms with Crippen LogP contribution in [0.25, 0.3) is 0 Å². The van der Waals surface area contributed by atoms with Gasteiger partial charge in [0.1, 0.15) is 5.69 Å². The van der Waals surface area contributed by atoms with Crippen molar-refractivity contribution in [3.05, 3.63) is 34.2 Å². The molecule has 0 unspecified atom stereocenters. The maximum atomic E-state index is 10.1. The van der Waals surface area contributed by atoms with Crippen molar-refractivity contribution in [1.29, 1.82) is 0 Å². The van der Waals surface area contributed by atoms with E-state index in [0.29, 0.717) is 5.69 Å². The maximum Gasteiger partial charge on any atom is 0.108 e. The Morgan fingerprint density at radius 2 is 2.09 bits per heavy atom. The van der Waals surface area contributed by atoms with Crippen LogP contribution in [-0.4, -0.2) is 0 Å². The Kier molecular flexibility index (Phi) is 1.43. The molecule has 0 aromatic heterocycles. The Morgan fingerprint density at radius 1 is 1.27 bits per heavy atom. The van der Waals surface area contributed by atoms with Crippen LogP contribution in [0.1, 0.15) is 11.1 Å². The topological polar surface area (TPSA) is 41.5 Å². The molecule has 0 amide bonds. The molecule has 0 radical (unpaired) electrons. The zero-order valence-corrected chi connectivity index (χ0v) is 6.00. The number of nitrogens with one attached hydrogen (secondary N) is 1. The second kappa shape index (κ2) is 2.43. The van der Waals surface area contributed by atoms with Crippen LogP contribution in [0.2, 0.25) is 0 Å². The number of hydrogen-bond donors (Lipinski definition) is 1. The summed E-state index contributed by atoms with van der Waals surface area (Å²) < 4.78 is 0. The minimum Gasteiger partial charge on any atom is -0.309 e. The summed E-state index contributed by atoms with van der Waals surface area (Å²) >= 11 is 0. The third-order valence-electron chi connectivity index (χ3n) is 1.93. The van der Waals surface area contributed by atoms with E-state index in [-0.39, 0.29) is 0 Å². The summed E-state index contributed by atoms with van der Waals surface area (Å²) in [6.07, 6.45) is 0. The molecule has 0 saturated carbocycles. The summed E-state index contributed by atoms with van der Waals surface area (Å²) in [5.41, 5.74) is 2.99. The maximum absolute atomic E-state index is 10.1. The highest BCUT2D eigenvalue weighted by Gasteiger charge is 2.09. The van der Waals surface area contributed by atoms with Crippen molar-refractivity contribution in [2.24, 2.45) is 5.18 Å². The van der Waals surface area contributed by atoms with Gasteiger partial charge in [-0.2, -0.15) is 0 Å². The fourth-order valence-electron chi connectivity index (χ4n) is 1.34. The monoisotopic (exact) mass is 148 g/mol. The zero-order chi connectivity index (χ0) is 7.68. The standard InChI is InChI=1S/C8H8N2O/c11-10-8-2-1-6-4-9-5-7(6)3-8/h1-3,9H,4-5H2. The molecule has 0 saturated heterocycles. The van der Waals surface area contributed by atoms with Gasteiger partial charge in [-0.3, -0.25) is 0 Å². The average Bonchev–Trinajstić information content (AvgIpc) is 2.50. The Morgan fingerprint density at radius 3 is 2.91 bits per heavy atom. The fraction of sp³-hybridized carbons (Fsp3) is 0.250. The molecular weight excluding hydrogens is 140 g/mol. The second-order valence-corrected chi connectivity index (χ2v) is 2.65. The SMILES string of the molecule is O=Nc1ccc2c(c1)CNC2. The van der Waals surface area contributed by atoms with Crippen molar-refractivity contribution < 1.29 is 0 Å². The summed E-state index contributed by atoms with van der Waals surface area (Å²) in [7, 11) is 0. The van der Waals surface area contributed by atoms with E-state index in [1.54, 1.807) is 6.07 Å². The van der Waals surface area contributed by atoms with Crippen molar-refractivity contribution in [3.63, 3.8) is 0 Å². The first-order valence-electron chi connectivity index (χ1n) is 3.56. The summed E-state index contributed by atoms with van der Waals surface area (Å²) in [6, 6.07) is 5.53. The summed E-state index contributed by atoms with van der Waals surface area (Å²) in [5, 5.41) is 6.07. The van der Waals surface area contributed by atoms with Gasteiger partial charge in [0.05, 0.1) is 0 Å². The molecule has 3 heteroatoms. The first-order valence-corrected chi connectivity index (χ1v) is 3.56. The lowest BCUT2D eigenvalue weighted by atomic mass is 10.1. The quantitative estimate of drug-likeness (QED) is 0.615. The van der Waals surface area contributed by atoms with Crippen molar-refractivity contribution in [2.45, 2.75) is 13.1 Å². The average molecular weight is 148 g/mol. The van der Waals surface area contributed by atoms with E-state index in [1.165, 1.54) is 11.1 Å². The minimum atomic E-state index is 0.521. The molecule has 3 nitrogen and oxygen atoms in total. The molecule has 1 heterocycles.